The number of nitrogens with zero attached hydrogens (tertiary/aromatic N) is 1. The molecule has 0 radical (unpaired) electrons. The predicted octanol–water partition coefficient (Wildman–Crippen LogP) is 3.63. The monoisotopic (exact) mass is 266 g/mol. The predicted molar refractivity (Wildman–Crippen MR) is 71.3 cm³/mol. The van der Waals surface area contributed by atoms with Gasteiger partial charge < -0.3 is 5.73 Å². The Bertz CT molecular complexity index is 500. The number of pyridine rings is 1. The van der Waals surface area contributed by atoms with Gasteiger partial charge in [0.25, 0.3) is 0 Å². The molecule has 0 aliphatic rings. The zero-order valence-corrected chi connectivity index (χ0v) is 10.6. The fraction of sp³-hybridized carbons (Fsp3) is 0.154. The number of aromatic nitrogens is 1. The number of benzene rings is 1. The Hall–Kier alpha value is -1.09. The minimum absolute atomic E-state index is 0.125. The maximum atomic E-state index is 6.10. The molecule has 0 aliphatic carbocycles. The van der Waals surface area contributed by atoms with E-state index < -0.39 is 0 Å². The van der Waals surface area contributed by atoms with Gasteiger partial charge in [-0.15, -0.1) is 0 Å². The lowest BCUT2D eigenvalue weighted by Gasteiger charge is -2.12. The summed E-state index contributed by atoms with van der Waals surface area (Å²) < 4.78 is 0. The molecule has 0 spiro atoms. The quantitative estimate of drug-likeness (QED) is 0.922. The van der Waals surface area contributed by atoms with Crippen molar-refractivity contribution in [3.05, 3.63) is 63.9 Å². The van der Waals surface area contributed by atoms with Crippen LogP contribution in [0.15, 0.2) is 42.7 Å². The lowest BCUT2D eigenvalue weighted by atomic mass is 10.0. The molecule has 4 heteroatoms. The summed E-state index contributed by atoms with van der Waals surface area (Å²) in [5.74, 6) is 0. The molecule has 0 aliphatic heterocycles. The van der Waals surface area contributed by atoms with Crippen LogP contribution in [0.4, 0.5) is 0 Å². The molecule has 88 valence electrons. The summed E-state index contributed by atoms with van der Waals surface area (Å²) in [5, 5.41) is 1.36. The van der Waals surface area contributed by atoms with E-state index in [9.17, 15) is 0 Å². The standard InChI is InChI=1S/C13H12Cl2N2/c14-11-3-4-12(15)10(6-11)7-13(16)9-2-1-5-17-8-9/h1-6,8,13H,7,16H2. The second-order valence-electron chi connectivity index (χ2n) is 3.83. The van der Waals surface area contributed by atoms with Crippen LogP contribution in [0, 0.1) is 0 Å². The van der Waals surface area contributed by atoms with Gasteiger partial charge in [0.2, 0.25) is 0 Å². The van der Waals surface area contributed by atoms with E-state index in [1.165, 1.54) is 0 Å². The van der Waals surface area contributed by atoms with Crippen molar-refractivity contribution < 1.29 is 0 Å². The Morgan fingerprint density at radius 1 is 1.24 bits per heavy atom. The summed E-state index contributed by atoms with van der Waals surface area (Å²) >= 11 is 12.0. The highest BCUT2D eigenvalue weighted by atomic mass is 35.5. The van der Waals surface area contributed by atoms with Gasteiger partial charge in [0.05, 0.1) is 0 Å². The SMILES string of the molecule is NC(Cc1cc(Cl)ccc1Cl)c1cccnc1. The van der Waals surface area contributed by atoms with E-state index in [0.717, 1.165) is 11.1 Å². The topological polar surface area (TPSA) is 38.9 Å². The van der Waals surface area contributed by atoms with Crippen molar-refractivity contribution in [3.63, 3.8) is 0 Å². The number of hydrogen-bond acceptors (Lipinski definition) is 2. The van der Waals surface area contributed by atoms with Gasteiger partial charge in [-0.2, -0.15) is 0 Å². The van der Waals surface area contributed by atoms with Gasteiger partial charge in [-0.25, -0.2) is 0 Å². The first-order valence-electron chi connectivity index (χ1n) is 5.26. The van der Waals surface area contributed by atoms with E-state index in [1.54, 1.807) is 24.5 Å². The molecule has 2 aromatic rings. The Labute approximate surface area is 110 Å². The van der Waals surface area contributed by atoms with Crippen LogP contribution >= 0.6 is 23.2 Å². The molecule has 0 saturated carbocycles. The zero-order valence-electron chi connectivity index (χ0n) is 9.11. The molecule has 1 aromatic carbocycles. The Morgan fingerprint density at radius 3 is 2.76 bits per heavy atom. The van der Waals surface area contributed by atoms with Crippen molar-refractivity contribution in [2.24, 2.45) is 5.73 Å². The highest BCUT2D eigenvalue weighted by Gasteiger charge is 2.10. The van der Waals surface area contributed by atoms with Gasteiger partial charge in [0.1, 0.15) is 0 Å². The first kappa shape index (κ1) is 12.4. The largest absolute Gasteiger partial charge is 0.324 e. The second kappa shape index (κ2) is 5.50. The summed E-state index contributed by atoms with van der Waals surface area (Å²) in [6.45, 7) is 0. The Morgan fingerprint density at radius 2 is 2.06 bits per heavy atom. The number of halogens is 2. The van der Waals surface area contributed by atoms with Gasteiger partial charge in [0.15, 0.2) is 0 Å². The highest BCUT2D eigenvalue weighted by molar-refractivity contribution is 6.33. The van der Waals surface area contributed by atoms with E-state index in [2.05, 4.69) is 4.98 Å². The number of rotatable bonds is 3. The third-order valence-corrected chi connectivity index (χ3v) is 3.16. The van der Waals surface area contributed by atoms with Gasteiger partial charge in [-0.05, 0) is 41.8 Å². The summed E-state index contributed by atoms with van der Waals surface area (Å²) in [4.78, 5) is 4.05. The molecular formula is C13H12Cl2N2. The minimum atomic E-state index is -0.125. The van der Waals surface area contributed by atoms with Crippen LogP contribution in [-0.4, -0.2) is 4.98 Å². The van der Waals surface area contributed by atoms with Gasteiger partial charge in [-0.1, -0.05) is 29.3 Å². The summed E-state index contributed by atoms with van der Waals surface area (Å²) in [6, 6.07) is 9.10. The molecule has 0 fully saturated rings. The first-order chi connectivity index (χ1) is 8.16. The molecule has 17 heavy (non-hydrogen) atoms. The number of nitrogens with two attached hydrogens (primary N) is 1. The van der Waals surface area contributed by atoms with Crippen LogP contribution in [0.2, 0.25) is 10.0 Å². The van der Waals surface area contributed by atoms with Crippen LogP contribution in [0.5, 0.6) is 0 Å². The molecule has 2 rings (SSSR count). The molecule has 1 heterocycles. The minimum Gasteiger partial charge on any atom is -0.324 e. The van der Waals surface area contributed by atoms with E-state index in [4.69, 9.17) is 28.9 Å². The average Bonchev–Trinajstić information content (AvgIpc) is 2.35. The van der Waals surface area contributed by atoms with Gasteiger partial charge >= 0.3 is 0 Å². The second-order valence-corrected chi connectivity index (χ2v) is 4.68. The molecule has 2 nitrogen and oxygen atoms in total. The molecule has 1 atom stereocenters. The lowest BCUT2D eigenvalue weighted by molar-refractivity contribution is 0.718. The van der Waals surface area contributed by atoms with E-state index in [0.29, 0.717) is 16.5 Å². The van der Waals surface area contributed by atoms with Crippen molar-refractivity contribution in [2.45, 2.75) is 12.5 Å². The van der Waals surface area contributed by atoms with Crippen molar-refractivity contribution in [2.75, 3.05) is 0 Å². The van der Waals surface area contributed by atoms with E-state index in [-0.39, 0.29) is 6.04 Å². The summed E-state index contributed by atoms with van der Waals surface area (Å²) in [5.41, 5.74) is 8.05. The van der Waals surface area contributed by atoms with Crippen LogP contribution in [0.25, 0.3) is 0 Å². The fourth-order valence-electron chi connectivity index (χ4n) is 1.65. The van der Waals surface area contributed by atoms with Gasteiger partial charge in [-0.3, -0.25) is 4.98 Å². The maximum Gasteiger partial charge on any atom is 0.0439 e. The molecular weight excluding hydrogens is 255 g/mol. The van der Waals surface area contributed by atoms with Crippen molar-refractivity contribution >= 4 is 23.2 Å². The highest BCUT2D eigenvalue weighted by Crippen LogP contribution is 2.24. The number of hydrogen-bond donors (Lipinski definition) is 1. The third kappa shape index (κ3) is 3.19. The van der Waals surface area contributed by atoms with Crippen LogP contribution in [0.3, 0.4) is 0 Å². The average molecular weight is 267 g/mol. The van der Waals surface area contributed by atoms with Crippen molar-refractivity contribution in [1.29, 1.82) is 0 Å². The Kier molecular flexibility index (Phi) is 4.00. The Balaban J connectivity index is 2.18. The van der Waals surface area contributed by atoms with E-state index in [1.807, 2.05) is 18.2 Å². The fourth-order valence-corrected chi connectivity index (χ4v) is 2.04. The van der Waals surface area contributed by atoms with Crippen molar-refractivity contribution in [3.8, 4) is 0 Å². The smallest absolute Gasteiger partial charge is 0.0439 e. The van der Waals surface area contributed by atoms with Crippen LogP contribution < -0.4 is 5.73 Å². The summed E-state index contributed by atoms with van der Waals surface area (Å²) in [7, 11) is 0. The van der Waals surface area contributed by atoms with Crippen LogP contribution in [-0.2, 0) is 6.42 Å². The zero-order chi connectivity index (χ0) is 12.3. The molecule has 1 aromatic heterocycles. The van der Waals surface area contributed by atoms with E-state index >= 15 is 0 Å². The maximum absolute atomic E-state index is 6.10. The normalized spacial score (nSPS) is 12.4. The summed E-state index contributed by atoms with van der Waals surface area (Å²) in [6.07, 6.45) is 4.14. The molecule has 0 saturated heterocycles. The van der Waals surface area contributed by atoms with Crippen LogP contribution in [0.1, 0.15) is 17.2 Å². The molecule has 0 bridgehead atoms. The van der Waals surface area contributed by atoms with Crippen molar-refractivity contribution in [1.82, 2.24) is 4.98 Å². The first-order valence-corrected chi connectivity index (χ1v) is 6.02. The molecule has 1 unspecified atom stereocenters. The molecule has 2 N–H and O–H groups in total. The van der Waals surface area contributed by atoms with Gasteiger partial charge in [0, 0.05) is 28.5 Å². The third-order valence-electron chi connectivity index (χ3n) is 2.56. The molecule has 0 amide bonds. The lowest BCUT2D eigenvalue weighted by Crippen LogP contribution is -2.13.